The number of hydrogen-bond donors (Lipinski definition) is 2. The smallest absolute Gasteiger partial charge is 0.258 e. The Balaban J connectivity index is 1.32. The van der Waals surface area contributed by atoms with Crippen LogP contribution in [0, 0.1) is 6.92 Å². The highest BCUT2D eigenvalue weighted by Crippen LogP contribution is 2.29. The van der Waals surface area contributed by atoms with Gasteiger partial charge in [-0.2, -0.15) is 0 Å². The first-order valence-electron chi connectivity index (χ1n) is 13.9. The third-order valence-corrected chi connectivity index (χ3v) is 8.12. The largest absolute Gasteiger partial charge is 0.369 e. The second-order valence-electron chi connectivity index (χ2n) is 10.7. The number of carbonyl (C=O) groups is 1. The maximum absolute atomic E-state index is 13.8. The highest BCUT2D eigenvalue weighted by Gasteiger charge is 2.19. The van der Waals surface area contributed by atoms with Crippen LogP contribution in [-0.2, 0) is 13.7 Å². The fraction of sp³-hybridized carbons (Fsp3) is 0.281. The van der Waals surface area contributed by atoms with E-state index in [-0.39, 0.29) is 11.5 Å². The summed E-state index contributed by atoms with van der Waals surface area (Å²) < 4.78 is 15.4. The van der Waals surface area contributed by atoms with Crippen LogP contribution in [-0.4, -0.2) is 58.1 Å². The van der Waals surface area contributed by atoms with E-state index in [1.54, 1.807) is 23.9 Å². The first-order valence-corrected chi connectivity index (χ1v) is 13.9. The van der Waals surface area contributed by atoms with Gasteiger partial charge >= 0.3 is 0 Å². The fourth-order valence-corrected chi connectivity index (χ4v) is 5.76. The van der Waals surface area contributed by atoms with E-state index in [1.807, 2.05) is 55.6 Å². The third kappa shape index (κ3) is 4.97. The Bertz CT molecular complexity index is 1830. The molecule has 1 fully saturated rings. The highest BCUT2D eigenvalue weighted by molar-refractivity contribution is 6.06. The summed E-state index contributed by atoms with van der Waals surface area (Å²) in [7, 11) is 1.76. The summed E-state index contributed by atoms with van der Waals surface area (Å²) in [6.07, 6.45) is 3.57. The van der Waals surface area contributed by atoms with Crippen LogP contribution in [0.2, 0.25) is 0 Å². The molecule has 5 aromatic rings. The maximum atomic E-state index is 13.8. The number of halogens is 1. The zero-order valence-electron chi connectivity index (χ0n) is 23.5. The lowest BCUT2D eigenvalue weighted by Crippen LogP contribution is -2.46. The van der Waals surface area contributed by atoms with Crippen molar-refractivity contribution < 1.29 is 9.18 Å². The van der Waals surface area contributed by atoms with Crippen LogP contribution in [0.15, 0.2) is 65.7 Å². The molecule has 0 bridgehead atoms. The van der Waals surface area contributed by atoms with Gasteiger partial charge < -0.3 is 24.7 Å². The summed E-state index contributed by atoms with van der Waals surface area (Å²) in [5.74, 6) is -0.325. The van der Waals surface area contributed by atoms with Crippen molar-refractivity contribution in [3.8, 4) is 11.1 Å². The molecule has 8 nitrogen and oxygen atoms in total. The number of alkyl halides is 1. The van der Waals surface area contributed by atoms with Crippen molar-refractivity contribution in [3.05, 3.63) is 88.0 Å². The van der Waals surface area contributed by atoms with Crippen LogP contribution in [0.25, 0.3) is 33.1 Å². The number of piperazine rings is 1. The lowest BCUT2D eigenvalue weighted by Gasteiger charge is -2.35. The van der Waals surface area contributed by atoms with Crippen molar-refractivity contribution >= 4 is 39.2 Å². The van der Waals surface area contributed by atoms with Crippen molar-refractivity contribution in [2.45, 2.75) is 20.5 Å². The van der Waals surface area contributed by atoms with Gasteiger partial charge in [0.1, 0.15) is 12.3 Å². The highest BCUT2D eigenvalue weighted by atomic mass is 19.1. The average Bonchev–Trinajstić information content (AvgIpc) is 3.48. The van der Waals surface area contributed by atoms with E-state index < -0.39 is 6.67 Å². The zero-order chi connectivity index (χ0) is 28.7. The van der Waals surface area contributed by atoms with Gasteiger partial charge in [-0.05, 0) is 72.6 Å². The molecule has 2 N–H and O–H groups in total. The summed E-state index contributed by atoms with van der Waals surface area (Å²) in [6, 6.07) is 14.6. The lowest BCUT2D eigenvalue weighted by molar-refractivity contribution is 0.102. The summed E-state index contributed by atoms with van der Waals surface area (Å²) in [4.78, 5) is 39.1. The van der Waals surface area contributed by atoms with Gasteiger partial charge in [-0.1, -0.05) is 13.0 Å². The summed E-state index contributed by atoms with van der Waals surface area (Å²) in [5.41, 5.74) is 5.85. The molecule has 2 aromatic carbocycles. The van der Waals surface area contributed by atoms with Crippen molar-refractivity contribution in [2.24, 2.45) is 7.05 Å². The number of rotatable bonds is 6. The number of hydrogen-bond acceptors (Lipinski definition) is 5. The van der Waals surface area contributed by atoms with Crippen LogP contribution >= 0.6 is 0 Å². The molecule has 1 aliphatic heterocycles. The van der Waals surface area contributed by atoms with E-state index in [4.69, 9.17) is 0 Å². The van der Waals surface area contributed by atoms with Gasteiger partial charge in [0.15, 0.2) is 0 Å². The molecule has 1 amide bonds. The standard InChI is InChI=1S/C32H33FN6O2/c1-4-38-9-11-39(12-10-38)25-14-21(18-33)13-22(15-25)31(40)36-24-6-5-20(2)27(17-24)28-16-23-19-35-30-26(7-8-34-30)29(23)37(3)32(28)41/h5-8,13-17,19H,4,9-12,18H2,1-3H3,(H,34,35)(H,36,40). The minimum absolute atomic E-state index is 0.138. The molecule has 0 unspecified atom stereocenters. The number of pyridine rings is 2. The molecule has 0 radical (unpaired) electrons. The van der Waals surface area contributed by atoms with Gasteiger partial charge in [0, 0.05) is 78.9 Å². The number of aromatic amines is 1. The Labute approximate surface area is 237 Å². The zero-order valence-corrected chi connectivity index (χ0v) is 23.5. The Kier molecular flexibility index (Phi) is 7.05. The minimum atomic E-state index is -0.646. The number of anilines is 2. The number of carbonyl (C=O) groups excluding carboxylic acids is 1. The third-order valence-electron chi connectivity index (χ3n) is 8.12. The average molecular weight is 553 g/mol. The van der Waals surface area contributed by atoms with Crippen molar-refractivity contribution in [2.75, 3.05) is 42.9 Å². The number of likely N-dealkylation sites (N-methyl/N-ethyl adjacent to an activating group) is 1. The number of nitrogens with one attached hydrogen (secondary N) is 2. The predicted molar refractivity (Wildman–Crippen MR) is 163 cm³/mol. The number of H-pyrrole nitrogens is 1. The van der Waals surface area contributed by atoms with Gasteiger partial charge in [-0.25, -0.2) is 9.37 Å². The Morgan fingerprint density at radius 3 is 2.61 bits per heavy atom. The van der Waals surface area contributed by atoms with Gasteiger partial charge in [0.2, 0.25) is 0 Å². The molecule has 0 saturated carbocycles. The van der Waals surface area contributed by atoms with E-state index in [1.165, 1.54) is 0 Å². The molecule has 3 aromatic heterocycles. The number of amides is 1. The van der Waals surface area contributed by atoms with Gasteiger partial charge in [-0.3, -0.25) is 9.59 Å². The number of fused-ring (bicyclic) bond motifs is 3. The van der Waals surface area contributed by atoms with Crippen LogP contribution < -0.4 is 15.8 Å². The first kappa shape index (κ1) is 26.7. The number of nitrogens with zero attached hydrogens (tertiary/aromatic N) is 4. The minimum Gasteiger partial charge on any atom is -0.369 e. The number of benzene rings is 2. The molecule has 0 atom stereocenters. The van der Waals surface area contributed by atoms with E-state index in [9.17, 15) is 14.0 Å². The topological polar surface area (TPSA) is 86.3 Å². The SMILES string of the molecule is CCN1CCN(c2cc(CF)cc(C(=O)Nc3ccc(C)c(-c4cc5cnc6[nH]ccc6c5n(C)c4=O)c3)c2)CC1. The molecule has 9 heteroatoms. The quantitative estimate of drug-likeness (QED) is 0.300. The van der Waals surface area contributed by atoms with Crippen molar-refractivity contribution in [1.82, 2.24) is 19.4 Å². The first-order chi connectivity index (χ1) is 19.9. The monoisotopic (exact) mass is 552 g/mol. The van der Waals surface area contributed by atoms with Crippen molar-refractivity contribution in [3.63, 3.8) is 0 Å². The molecule has 41 heavy (non-hydrogen) atoms. The molecule has 0 spiro atoms. The Morgan fingerprint density at radius 1 is 1.05 bits per heavy atom. The van der Waals surface area contributed by atoms with E-state index in [2.05, 4.69) is 32.0 Å². The fourth-order valence-electron chi connectivity index (χ4n) is 5.76. The van der Waals surface area contributed by atoms with Crippen LogP contribution in [0.3, 0.4) is 0 Å². The molecule has 0 aliphatic carbocycles. The van der Waals surface area contributed by atoms with Crippen LogP contribution in [0.1, 0.15) is 28.4 Å². The molecular formula is C32H33FN6O2. The van der Waals surface area contributed by atoms with Crippen LogP contribution in [0.5, 0.6) is 0 Å². The summed E-state index contributed by atoms with van der Waals surface area (Å²) >= 11 is 0. The van der Waals surface area contributed by atoms with E-state index in [0.29, 0.717) is 22.4 Å². The predicted octanol–water partition coefficient (Wildman–Crippen LogP) is 5.25. The number of aromatic nitrogens is 3. The Hall–Kier alpha value is -4.50. The van der Waals surface area contributed by atoms with E-state index in [0.717, 1.165) is 71.5 Å². The Morgan fingerprint density at radius 2 is 1.85 bits per heavy atom. The van der Waals surface area contributed by atoms with Crippen LogP contribution in [0.4, 0.5) is 15.8 Å². The molecular weight excluding hydrogens is 519 g/mol. The molecule has 210 valence electrons. The van der Waals surface area contributed by atoms with Gasteiger partial charge in [0.05, 0.1) is 5.52 Å². The second kappa shape index (κ2) is 10.8. The summed E-state index contributed by atoms with van der Waals surface area (Å²) in [5, 5.41) is 4.70. The number of aryl methyl sites for hydroxylation is 2. The molecule has 1 saturated heterocycles. The van der Waals surface area contributed by atoms with Gasteiger partial charge in [0.25, 0.3) is 11.5 Å². The lowest BCUT2D eigenvalue weighted by atomic mass is 9.99. The second-order valence-corrected chi connectivity index (χ2v) is 10.7. The molecule has 4 heterocycles. The summed E-state index contributed by atoms with van der Waals surface area (Å²) in [6.45, 7) is 7.97. The van der Waals surface area contributed by atoms with Gasteiger partial charge in [-0.15, -0.1) is 0 Å². The van der Waals surface area contributed by atoms with E-state index >= 15 is 0 Å². The molecule has 1 aliphatic rings. The van der Waals surface area contributed by atoms with Crippen molar-refractivity contribution in [1.29, 1.82) is 0 Å². The molecule has 6 rings (SSSR count). The normalized spacial score (nSPS) is 14.2. The maximum Gasteiger partial charge on any atom is 0.258 e.